The van der Waals surface area contributed by atoms with Crippen molar-refractivity contribution in [2.24, 2.45) is 0 Å². The molecule has 0 atom stereocenters. The quantitative estimate of drug-likeness (QED) is 0.143. The second-order valence-corrected chi connectivity index (χ2v) is 12.8. The lowest BCUT2D eigenvalue weighted by atomic mass is 9.91. The first kappa shape index (κ1) is 28.3. The van der Waals surface area contributed by atoms with Crippen molar-refractivity contribution in [1.29, 1.82) is 0 Å². The van der Waals surface area contributed by atoms with Crippen LogP contribution < -0.4 is 0 Å². The molecule has 3 nitrogen and oxygen atoms in total. The van der Waals surface area contributed by atoms with Crippen molar-refractivity contribution in [3.8, 4) is 45.2 Å². The number of fused-ring (bicyclic) bond motifs is 9. The Labute approximate surface area is 289 Å². The number of aromatic nitrogens is 3. The molecule has 0 aliphatic rings. The minimum absolute atomic E-state index is 0.691. The van der Waals surface area contributed by atoms with Gasteiger partial charge < -0.3 is 0 Å². The van der Waals surface area contributed by atoms with Crippen LogP contribution in [0.5, 0.6) is 0 Å². The van der Waals surface area contributed by atoms with E-state index in [4.69, 9.17) is 15.0 Å². The number of hydrogen-bond donors (Lipinski definition) is 0. The molecular formula is C47H29N3. The third-order valence-corrected chi connectivity index (χ3v) is 9.82. The fraction of sp³-hybridized carbons (Fsp3) is 0. The third-order valence-electron chi connectivity index (χ3n) is 9.82. The van der Waals surface area contributed by atoms with Crippen molar-refractivity contribution in [3.63, 3.8) is 0 Å². The van der Waals surface area contributed by atoms with Crippen LogP contribution in [0.15, 0.2) is 176 Å². The lowest BCUT2D eigenvalue weighted by Crippen LogP contribution is -1.96. The summed E-state index contributed by atoms with van der Waals surface area (Å²) in [5, 5.41) is 10.8. The van der Waals surface area contributed by atoms with E-state index in [2.05, 4.69) is 140 Å². The highest BCUT2D eigenvalue weighted by molar-refractivity contribution is 6.32. The zero-order chi connectivity index (χ0) is 33.0. The first-order chi connectivity index (χ1) is 24.8. The Bertz CT molecular complexity index is 2840. The number of benzene rings is 8. The van der Waals surface area contributed by atoms with E-state index in [1.54, 1.807) is 0 Å². The lowest BCUT2D eigenvalue weighted by molar-refractivity contribution is 1.18. The van der Waals surface area contributed by atoms with Gasteiger partial charge in [0.25, 0.3) is 0 Å². The highest BCUT2D eigenvalue weighted by Gasteiger charge is 2.18. The van der Waals surface area contributed by atoms with Crippen LogP contribution in [-0.4, -0.2) is 15.0 Å². The average molecular weight is 636 g/mol. The average Bonchev–Trinajstić information content (AvgIpc) is 3.20. The van der Waals surface area contributed by atoms with Gasteiger partial charge in [0.15, 0.2) is 5.82 Å². The van der Waals surface area contributed by atoms with Crippen LogP contribution in [0.4, 0.5) is 0 Å². The van der Waals surface area contributed by atoms with Gasteiger partial charge in [0, 0.05) is 38.4 Å². The smallest absolute Gasteiger partial charge is 0.160 e. The molecule has 0 aliphatic heterocycles. The van der Waals surface area contributed by atoms with Gasteiger partial charge in [0.05, 0.1) is 22.6 Å². The Balaban J connectivity index is 1.20. The number of nitrogens with zero attached hydrogens (tertiary/aromatic N) is 3. The molecule has 0 radical (unpaired) electrons. The Hall–Kier alpha value is -6.71. The summed E-state index contributed by atoms with van der Waals surface area (Å²) in [7, 11) is 0. The zero-order valence-electron chi connectivity index (χ0n) is 27.1. The third kappa shape index (κ3) is 4.63. The summed E-state index contributed by atoms with van der Waals surface area (Å²) in [4.78, 5) is 15.7. The maximum Gasteiger partial charge on any atom is 0.160 e. The zero-order valence-corrected chi connectivity index (χ0v) is 27.1. The van der Waals surface area contributed by atoms with Crippen molar-refractivity contribution < 1.29 is 0 Å². The predicted octanol–water partition coefficient (Wildman–Crippen LogP) is 12.3. The minimum Gasteiger partial charge on any atom is -0.246 e. The maximum atomic E-state index is 5.54. The fourth-order valence-corrected chi connectivity index (χ4v) is 7.41. The highest BCUT2D eigenvalue weighted by Crippen LogP contribution is 2.42. The van der Waals surface area contributed by atoms with Crippen LogP contribution >= 0.6 is 0 Å². The molecule has 10 rings (SSSR count). The summed E-state index contributed by atoms with van der Waals surface area (Å²) >= 11 is 0. The molecule has 0 N–H and O–H groups in total. The maximum absolute atomic E-state index is 5.54. The van der Waals surface area contributed by atoms with Gasteiger partial charge in [-0.05, 0) is 50.5 Å². The van der Waals surface area contributed by atoms with Crippen LogP contribution in [0.3, 0.4) is 0 Å². The molecule has 0 unspecified atom stereocenters. The van der Waals surface area contributed by atoms with E-state index in [0.29, 0.717) is 5.82 Å². The normalized spacial score (nSPS) is 11.6. The van der Waals surface area contributed by atoms with Crippen LogP contribution in [-0.2, 0) is 0 Å². The van der Waals surface area contributed by atoms with Gasteiger partial charge >= 0.3 is 0 Å². The molecule has 232 valence electrons. The Morgan fingerprint density at radius 1 is 0.300 bits per heavy atom. The lowest BCUT2D eigenvalue weighted by Gasteiger charge is -2.16. The van der Waals surface area contributed by atoms with Gasteiger partial charge in [-0.3, -0.25) is 0 Å². The first-order valence-corrected chi connectivity index (χ1v) is 16.9. The second kappa shape index (κ2) is 11.5. The molecule has 0 fully saturated rings. The van der Waals surface area contributed by atoms with Crippen LogP contribution in [0.1, 0.15) is 0 Å². The van der Waals surface area contributed by atoms with E-state index in [-0.39, 0.29) is 0 Å². The molecule has 2 aromatic heterocycles. The number of pyridine rings is 1. The molecule has 50 heavy (non-hydrogen) atoms. The van der Waals surface area contributed by atoms with Crippen molar-refractivity contribution in [2.45, 2.75) is 0 Å². The monoisotopic (exact) mass is 635 g/mol. The van der Waals surface area contributed by atoms with E-state index in [1.165, 1.54) is 37.7 Å². The molecule has 0 saturated heterocycles. The number of hydrogen-bond acceptors (Lipinski definition) is 3. The second-order valence-electron chi connectivity index (χ2n) is 12.8. The fourth-order valence-electron chi connectivity index (χ4n) is 7.41. The largest absolute Gasteiger partial charge is 0.246 e. The number of rotatable bonds is 4. The van der Waals surface area contributed by atoms with E-state index in [0.717, 1.165) is 55.6 Å². The van der Waals surface area contributed by atoms with Crippen molar-refractivity contribution >= 4 is 54.0 Å². The Kier molecular flexibility index (Phi) is 6.49. The summed E-state index contributed by atoms with van der Waals surface area (Å²) < 4.78 is 0. The van der Waals surface area contributed by atoms with Crippen molar-refractivity contribution in [3.05, 3.63) is 176 Å². The van der Waals surface area contributed by atoms with Crippen LogP contribution in [0.25, 0.3) is 99.2 Å². The molecule has 0 spiro atoms. The van der Waals surface area contributed by atoms with Gasteiger partial charge in [-0.15, -0.1) is 0 Å². The molecule has 0 amide bonds. The van der Waals surface area contributed by atoms with Crippen molar-refractivity contribution in [1.82, 2.24) is 15.0 Å². The SMILES string of the molecule is c1ccc(-c2cc(-c3ccccc3)nc(-c3ccc(-c4nc5c6ccccc6c6ccccc6c5c5cc6ccccc6cc45)cc3)n2)cc1. The van der Waals surface area contributed by atoms with Crippen molar-refractivity contribution in [2.75, 3.05) is 0 Å². The van der Waals surface area contributed by atoms with Crippen LogP contribution in [0.2, 0.25) is 0 Å². The van der Waals surface area contributed by atoms with E-state index in [1.807, 2.05) is 36.4 Å². The molecule has 8 aromatic carbocycles. The predicted molar refractivity (Wildman–Crippen MR) is 209 cm³/mol. The standard InChI is InChI=1S/C47H29N3/c1-3-13-30(14-4-1)42-29-43(31-15-5-2-6-16-31)49-47(48-42)33-25-23-32(24-26-33)45-41-28-35-18-8-7-17-34(35)27-40(41)44-38-21-11-9-19-36(38)37-20-10-12-22-39(37)46(44)50-45/h1-29H. The summed E-state index contributed by atoms with van der Waals surface area (Å²) in [6.07, 6.45) is 0. The summed E-state index contributed by atoms with van der Waals surface area (Å²) in [6.45, 7) is 0. The minimum atomic E-state index is 0.691. The molecule has 0 bridgehead atoms. The molecule has 0 aliphatic carbocycles. The molecular weight excluding hydrogens is 607 g/mol. The highest BCUT2D eigenvalue weighted by atomic mass is 14.9. The summed E-state index contributed by atoms with van der Waals surface area (Å²) in [5.41, 5.74) is 7.90. The molecule has 10 aromatic rings. The molecule has 0 saturated carbocycles. The van der Waals surface area contributed by atoms with Crippen LogP contribution in [0, 0.1) is 0 Å². The summed E-state index contributed by atoms with van der Waals surface area (Å²) in [6, 6.07) is 61.9. The Morgan fingerprint density at radius 3 is 1.40 bits per heavy atom. The van der Waals surface area contributed by atoms with Gasteiger partial charge in [-0.25, -0.2) is 15.0 Å². The Morgan fingerprint density at radius 2 is 0.780 bits per heavy atom. The van der Waals surface area contributed by atoms with E-state index < -0.39 is 0 Å². The van der Waals surface area contributed by atoms with Gasteiger partial charge in [0.1, 0.15) is 0 Å². The molecule has 2 heterocycles. The van der Waals surface area contributed by atoms with Gasteiger partial charge in [0.2, 0.25) is 0 Å². The molecule has 3 heteroatoms. The first-order valence-electron chi connectivity index (χ1n) is 16.9. The van der Waals surface area contributed by atoms with Gasteiger partial charge in [-0.1, -0.05) is 158 Å². The van der Waals surface area contributed by atoms with Gasteiger partial charge in [-0.2, -0.15) is 0 Å². The topological polar surface area (TPSA) is 38.7 Å². The summed E-state index contributed by atoms with van der Waals surface area (Å²) in [5.74, 6) is 0.691. The van der Waals surface area contributed by atoms with E-state index in [9.17, 15) is 0 Å². The van der Waals surface area contributed by atoms with E-state index >= 15 is 0 Å².